The lowest BCUT2D eigenvalue weighted by molar-refractivity contribution is -0.191. The molecule has 1 aromatic heterocycles. The average molecular weight is 500 g/mol. The maximum atomic E-state index is 11.0. The molecular formula is C30H31N2O3S. The Labute approximate surface area is 217 Å². The quantitative estimate of drug-likeness (QED) is 0.163. The second-order valence-corrected chi connectivity index (χ2v) is 9.95. The molecule has 0 bridgehead atoms. The van der Waals surface area contributed by atoms with Gasteiger partial charge in [-0.25, -0.2) is 4.98 Å². The van der Waals surface area contributed by atoms with E-state index in [1.807, 2.05) is 38.1 Å². The van der Waals surface area contributed by atoms with Crippen molar-refractivity contribution in [2.24, 2.45) is 0 Å². The summed E-state index contributed by atoms with van der Waals surface area (Å²) >= 11 is 1.71. The molecule has 0 fully saturated rings. The molecule has 0 aliphatic carbocycles. The van der Waals surface area contributed by atoms with E-state index in [4.69, 9.17) is 14.6 Å². The van der Waals surface area contributed by atoms with Crippen LogP contribution in [-0.4, -0.2) is 35.6 Å². The third kappa shape index (κ3) is 7.10. The molecule has 5 nitrogen and oxygen atoms in total. The third-order valence-corrected chi connectivity index (χ3v) is 6.60. The molecule has 185 valence electrons. The van der Waals surface area contributed by atoms with Crippen molar-refractivity contribution in [3.05, 3.63) is 95.0 Å². The Balaban J connectivity index is 1.35. The molecular weight excluding hydrogens is 468 g/mol. The number of benzene rings is 3. The van der Waals surface area contributed by atoms with Gasteiger partial charge in [-0.3, -0.25) is 4.84 Å². The smallest absolute Gasteiger partial charge is 0.136 e. The third-order valence-electron chi connectivity index (χ3n) is 5.54. The highest BCUT2D eigenvalue weighted by Crippen LogP contribution is 2.30. The van der Waals surface area contributed by atoms with Crippen molar-refractivity contribution in [2.45, 2.75) is 39.8 Å². The van der Waals surface area contributed by atoms with Crippen molar-refractivity contribution in [1.29, 1.82) is 0 Å². The van der Waals surface area contributed by atoms with E-state index in [1.165, 1.54) is 16.0 Å². The molecule has 0 saturated carbocycles. The molecule has 4 rings (SSSR count). The number of rotatable bonds is 12. The van der Waals surface area contributed by atoms with E-state index in [-0.39, 0.29) is 12.6 Å². The number of hydroxylamine groups is 2. The summed E-state index contributed by atoms with van der Waals surface area (Å²) in [5.74, 6) is 0.674. The second-order valence-electron chi connectivity index (χ2n) is 8.75. The molecule has 1 radical (unpaired) electrons. The van der Waals surface area contributed by atoms with Crippen LogP contribution >= 0.6 is 11.3 Å². The van der Waals surface area contributed by atoms with Crippen molar-refractivity contribution < 1.29 is 14.4 Å². The monoisotopic (exact) mass is 499 g/mol. The molecule has 0 aliphatic heterocycles. The predicted molar refractivity (Wildman–Crippen MR) is 145 cm³/mol. The first kappa shape index (κ1) is 25.8. The molecule has 0 unspecified atom stereocenters. The zero-order chi connectivity index (χ0) is 25.3. The highest BCUT2D eigenvalue weighted by molar-refractivity contribution is 7.15. The Morgan fingerprint density at radius 1 is 0.972 bits per heavy atom. The largest absolute Gasteiger partial charge is 0.493 e. The van der Waals surface area contributed by atoms with Gasteiger partial charge in [0.2, 0.25) is 0 Å². The first-order valence-corrected chi connectivity index (χ1v) is 12.9. The van der Waals surface area contributed by atoms with Crippen LogP contribution in [0.2, 0.25) is 0 Å². The number of aryl methyl sites for hydroxylation is 1. The summed E-state index contributed by atoms with van der Waals surface area (Å²) in [6.07, 6.45) is 1.55. The number of thiazole rings is 1. The van der Waals surface area contributed by atoms with Gasteiger partial charge in [0, 0.05) is 22.9 Å². The molecule has 0 spiro atoms. The van der Waals surface area contributed by atoms with Gasteiger partial charge in [0.05, 0.1) is 31.5 Å². The highest BCUT2D eigenvalue weighted by atomic mass is 32.1. The topological polar surface area (TPSA) is 51.7 Å². The molecule has 0 aliphatic rings. The first-order chi connectivity index (χ1) is 17.5. The van der Waals surface area contributed by atoms with Gasteiger partial charge in [-0.2, -0.15) is 5.06 Å². The van der Waals surface area contributed by atoms with E-state index in [0.29, 0.717) is 18.9 Å². The number of aldehydes is 1. The fraction of sp³-hybridized carbons (Fsp3) is 0.267. The maximum absolute atomic E-state index is 11.0. The van der Waals surface area contributed by atoms with Crippen LogP contribution < -0.4 is 4.74 Å². The second kappa shape index (κ2) is 12.6. The lowest BCUT2D eigenvalue weighted by Gasteiger charge is -2.22. The van der Waals surface area contributed by atoms with E-state index >= 15 is 0 Å². The Kier molecular flexibility index (Phi) is 9.01. The van der Waals surface area contributed by atoms with Gasteiger partial charge in [0.25, 0.3) is 0 Å². The normalized spacial score (nSPS) is 11.2. The minimum Gasteiger partial charge on any atom is -0.493 e. The summed E-state index contributed by atoms with van der Waals surface area (Å²) in [5.41, 5.74) is 5.49. The number of nitrogens with zero attached hydrogens (tertiary/aromatic N) is 2. The van der Waals surface area contributed by atoms with Crippen LogP contribution in [-0.2, 0) is 22.6 Å². The molecule has 36 heavy (non-hydrogen) atoms. The predicted octanol–water partition coefficient (Wildman–Crippen LogP) is 6.55. The summed E-state index contributed by atoms with van der Waals surface area (Å²) < 4.78 is 5.99. The van der Waals surface area contributed by atoms with Gasteiger partial charge >= 0.3 is 0 Å². The number of carbonyl (C=O) groups is 1. The maximum Gasteiger partial charge on any atom is 0.136 e. The lowest BCUT2D eigenvalue weighted by atomic mass is 10.0. The Hall–Kier alpha value is -3.32. The molecule has 0 amide bonds. The van der Waals surface area contributed by atoms with Crippen LogP contribution in [0.25, 0.3) is 21.7 Å². The molecule has 3 aromatic carbocycles. The van der Waals surface area contributed by atoms with Crippen molar-refractivity contribution in [3.8, 4) is 27.4 Å². The van der Waals surface area contributed by atoms with E-state index in [0.717, 1.165) is 34.5 Å². The van der Waals surface area contributed by atoms with Crippen LogP contribution in [0.1, 0.15) is 30.0 Å². The van der Waals surface area contributed by atoms with Gasteiger partial charge in [-0.15, -0.1) is 11.3 Å². The fourth-order valence-corrected chi connectivity index (χ4v) is 4.83. The SMILES string of the molecule is Cc1sc(-c2ccc(-c3ccccc3)cc2)nc1CCOc1[c]c(CN(CC=O)OC(C)C)ccc1. The van der Waals surface area contributed by atoms with Gasteiger partial charge in [-0.05, 0) is 43.5 Å². The summed E-state index contributed by atoms with van der Waals surface area (Å²) in [5, 5.41) is 2.66. The Morgan fingerprint density at radius 3 is 2.42 bits per heavy atom. The van der Waals surface area contributed by atoms with Gasteiger partial charge in [-0.1, -0.05) is 66.7 Å². The van der Waals surface area contributed by atoms with Gasteiger partial charge in [0.1, 0.15) is 17.0 Å². The Morgan fingerprint density at radius 2 is 1.69 bits per heavy atom. The highest BCUT2D eigenvalue weighted by Gasteiger charge is 2.12. The molecule has 1 heterocycles. The summed E-state index contributed by atoms with van der Waals surface area (Å²) in [6, 6.07) is 28.0. The van der Waals surface area contributed by atoms with E-state index in [2.05, 4.69) is 61.5 Å². The van der Waals surface area contributed by atoms with Crippen LogP contribution in [0, 0.1) is 13.0 Å². The van der Waals surface area contributed by atoms with E-state index in [1.54, 1.807) is 16.4 Å². The molecule has 0 N–H and O–H groups in total. The minimum absolute atomic E-state index is 0.00239. The van der Waals surface area contributed by atoms with Crippen LogP contribution in [0.4, 0.5) is 0 Å². The van der Waals surface area contributed by atoms with Crippen molar-refractivity contribution in [2.75, 3.05) is 13.2 Å². The van der Waals surface area contributed by atoms with Crippen LogP contribution in [0.3, 0.4) is 0 Å². The van der Waals surface area contributed by atoms with E-state index in [9.17, 15) is 4.79 Å². The summed E-state index contributed by atoms with van der Waals surface area (Å²) in [4.78, 5) is 22.7. The first-order valence-electron chi connectivity index (χ1n) is 12.1. The molecule has 0 atom stereocenters. The standard InChI is InChI=1S/C30H31N2O3S/c1-22(2)35-32(17-18-33)21-24-8-7-11-28(20-24)34-19-16-29-23(3)36-30(31-29)27-14-12-26(13-15-27)25-9-5-4-6-10-25/h4-15,18,22H,16-17,19,21H2,1-3H3. The molecule has 0 saturated heterocycles. The van der Waals surface area contributed by atoms with Crippen molar-refractivity contribution >= 4 is 17.6 Å². The van der Waals surface area contributed by atoms with Crippen LogP contribution in [0.15, 0.2) is 72.8 Å². The summed E-state index contributed by atoms with van der Waals surface area (Å²) in [7, 11) is 0. The Bertz CT molecular complexity index is 1250. The minimum atomic E-state index is -0.00239. The van der Waals surface area contributed by atoms with E-state index < -0.39 is 0 Å². The summed E-state index contributed by atoms with van der Waals surface area (Å²) in [6.45, 7) is 7.16. The number of hydrogen-bond acceptors (Lipinski definition) is 6. The number of carbonyl (C=O) groups excluding carboxylic acids is 1. The molecule has 6 heteroatoms. The van der Waals surface area contributed by atoms with Gasteiger partial charge in [0.15, 0.2) is 0 Å². The number of ether oxygens (including phenoxy) is 1. The zero-order valence-electron chi connectivity index (χ0n) is 20.9. The van der Waals surface area contributed by atoms with Gasteiger partial charge < -0.3 is 9.53 Å². The van der Waals surface area contributed by atoms with Crippen LogP contribution in [0.5, 0.6) is 5.75 Å². The number of aromatic nitrogens is 1. The average Bonchev–Trinajstić information content (AvgIpc) is 3.25. The van der Waals surface area contributed by atoms with Crippen molar-refractivity contribution in [3.63, 3.8) is 0 Å². The molecule has 4 aromatic rings. The number of hydrogen-bond donors (Lipinski definition) is 0. The lowest BCUT2D eigenvalue weighted by Crippen LogP contribution is -2.28. The van der Waals surface area contributed by atoms with Crippen molar-refractivity contribution in [1.82, 2.24) is 10.0 Å². The zero-order valence-corrected chi connectivity index (χ0v) is 21.8. The fourth-order valence-electron chi connectivity index (χ4n) is 3.86.